The number of piperazine rings is 1. The van der Waals surface area contributed by atoms with Gasteiger partial charge in [-0.15, -0.1) is 11.3 Å². The summed E-state index contributed by atoms with van der Waals surface area (Å²) in [5.74, 6) is 0. The third-order valence-corrected chi connectivity index (χ3v) is 6.04. The molecule has 1 aromatic heterocycles. The molecule has 7 heteroatoms. The van der Waals surface area contributed by atoms with Crippen LogP contribution in [0.1, 0.15) is 6.92 Å². The minimum atomic E-state index is -3.35. The quantitative estimate of drug-likeness (QED) is 0.891. The van der Waals surface area contributed by atoms with E-state index in [9.17, 15) is 8.42 Å². The first-order chi connectivity index (χ1) is 7.50. The molecule has 1 atom stereocenters. The molecular formula is C9H13ClN2O2S2. The van der Waals surface area contributed by atoms with Crippen molar-refractivity contribution in [1.82, 2.24) is 9.62 Å². The lowest BCUT2D eigenvalue weighted by molar-refractivity contribution is 0.311. The van der Waals surface area contributed by atoms with E-state index in [1.54, 1.807) is 12.1 Å². The van der Waals surface area contributed by atoms with Crippen molar-refractivity contribution >= 4 is 33.0 Å². The van der Waals surface area contributed by atoms with Gasteiger partial charge < -0.3 is 5.32 Å². The second kappa shape index (κ2) is 4.62. The molecule has 0 spiro atoms. The molecule has 1 aromatic rings. The van der Waals surface area contributed by atoms with Gasteiger partial charge in [0.25, 0.3) is 10.0 Å². The number of halogens is 1. The van der Waals surface area contributed by atoms with E-state index >= 15 is 0 Å². The van der Waals surface area contributed by atoms with Crippen molar-refractivity contribution in [1.29, 1.82) is 0 Å². The van der Waals surface area contributed by atoms with E-state index in [0.717, 1.165) is 11.3 Å². The summed E-state index contributed by atoms with van der Waals surface area (Å²) in [7, 11) is -3.35. The molecule has 2 heterocycles. The van der Waals surface area contributed by atoms with Crippen LogP contribution >= 0.6 is 22.9 Å². The molecule has 90 valence electrons. The highest BCUT2D eigenvalue weighted by atomic mass is 35.5. The summed E-state index contributed by atoms with van der Waals surface area (Å²) < 4.78 is 26.7. The van der Waals surface area contributed by atoms with Crippen LogP contribution in [0.25, 0.3) is 0 Å². The van der Waals surface area contributed by atoms with Crippen molar-refractivity contribution < 1.29 is 8.42 Å². The van der Waals surface area contributed by atoms with E-state index < -0.39 is 10.0 Å². The summed E-state index contributed by atoms with van der Waals surface area (Å²) >= 11 is 6.86. The van der Waals surface area contributed by atoms with Crippen molar-refractivity contribution in [3.8, 4) is 0 Å². The molecule has 0 radical (unpaired) electrons. The molecule has 1 saturated heterocycles. The van der Waals surface area contributed by atoms with Crippen molar-refractivity contribution in [2.45, 2.75) is 17.2 Å². The van der Waals surface area contributed by atoms with Crippen molar-refractivity contribution in [2.24, 2.45) is 0 Å². The summed E-state index contributed by atoms with van der Waals surface area (Å²) in [4.78, 5) is 0. The van der Waals surface area contributed by atoms with Crippen LogP contribution in [-0.2, 0) is 10.0 Å². The SMILES string of the molecule is CC1CN(S(=O)(=O)c2ccc(Cl)s2)CCN1. The largest absolute Gasteiger partial charge is 0.312 e. The van der Waals surface area contributed by atoms with Crippen molar-refractivity contribution in [3.05, 3.63) is 16.5 Å². The lowest BCUT2D eigenvalue weighted by Crippen LogP contribution is -2.51. The zero-order valence-corrected chi connectivity index (χ0v) is 11.2. The van der Waals surface area contributed by atoms with Gasteiger partial charge in [-0.2, -0.15) is 4.31 Å². The fourth-order valence-electron chi connectivity index (χ4n) is 1.68. The standard InChI is InChI=1S/C9H13ClN2O2S2/c1-7-6-12(5-4-11-7)16(13,14)9-3-2-8(10)15-9/h2-3,7,11H,4-6H2,1H3. The van der Waals surface area contributed by atoms with Gasteiger partial charge in [-0.05, 0) is 19.1 Å². The van der Waals surface area contributed by atoms with Gasteiger partial charge in [-0.3, -0.25) is 0 Å². The summed E-state index contributed by atoms with van der Waals surface area (Å²) in [6.07, 6.45) is 0. The Kier molecular flexibility index (Phi) is 3.56. The summed E-state index contributed by atoms with van der Waals surface area (Å²) in [6, 6.07) is 3.37. The number of rotatable bonds is 2. The molecule has 0 saturated carbocycles. The Balaban J connectivity index is 2.25. The Morgan fingerprint density at radius 1 is 1.56 bits per heavy atom. The number of nitrogens with zero attached hydrogens (tertiary/aromatic N) is 1. The van der Waals surface area contributed by atoms with E-state index in [-0.39, 0.29) is 6.04 Å². The lowest BCUT2D eigenvalue weighted by atomic mass is 10.3. The first kappa shape index (κ1) is 12.3. The highest BCUT2D eigenvalue weighted by Crippen LogP contribution is 2.28. The maximum Gasteiger partial charge on any atom is 0.252 e. The monoisotopic (exact) mass is 280 g/mol. The summed E-state index contributed by atoms with van der Waals surface area (Å²) in [6.45, 7) is 3.70. The Bertz CT molecular complexity index is 472. The first-order valence-corrected chi connectivity index (χ1v) is 7.62. The van der Waals surface area contributed by atoms with Crippen molar-refractivity contribution in [2.75, 3.05) is 19.6 Å². The molecular weight excluding hydrogens is 268 g/mol. The molecule has 1 aliphatic heterocycles. The van der Waals surface area contributed by atoms with Crippen LogP contribution in [0.5, 0.6) is 0 Å². The van der Waals surface area contributed by atoms with Gasteiger partial charge in [-0.25, -0.2) is 8.42 Å². The fourth-order valence-corrected chi connectivity index (χ4v) is 4.85. The molecule has 0 aliphatic carbocycles. The minimum Gasteiger partial charge on any atom is -0.312 e. The van der Waals surface area contributed by atoms with Gasteiger partial charge in [0, 0.05) is 25.7 Å². The van der Waals surface area contributed by atoms with Gasteiger partial charge in [0.1, 0.15) is 4.21 Å². The van der Waals surface area contributed by atoms with Crippen LogP contribution in [0.15, 0.2) is 16.3 Å². The number of thiophene rings is 1. The van der Waals surface area contributed by atoms with Crippen LogP contribution in [0.3, 0.4) is 0 Å². The molecule has 16 heavy (non-hydrogen) atoms. The molecule has 1 aliphatic rings. The second-order valence-electron chi connectivity index (χ2n) is 3.78. The van der Waals surface area contributed by atoms with Gasteiger partial charge in [-0.1, -0.05) is 11.6 Å². The summed E-state index contributed by atoms with van der Waals surface area (Å²) in [5.41, 5.74) is 0. The van der Waals surface area contributed by atoms with Crippen LogP contribution in [0, 0.1) is 0 Å². The molecule has 0 aromatic carbocycles. The molecule has 4 nitrogen and oxygen atoms in total. The third kappa shape index (κ3) is 2.41. The van der Waals surface area contributed by atoms with E-state index in [0.29, 0.717) is 28.2 Å². The lowest BCUT2D eigenvalue weighted by Gasteiger charge is -2.30. The topological polar surface area (TPSA) is 49.4 Å². The molecule has 1 N–H and O–H groups in total. The highest BCUT2D eigenvalue weighted by Gasteiger charge is 2.29. The zero-order chi connectivity index (χ0) is 11.8. The average Bonchev–Trinajstić information content (AvgIpc) is 2.65. The van der Waals surface area contributed by atoms with Gasteiger partial charge in [0.15, 0.2) is 0 Å². The van der Waals surface area contributed by atoms with Crippen LogP contribution in [0.4, 0.5) is 0 Å². The highest BCUT2D eigenvalue weighted by molar-refractivity contribution is 7.91. The molecule has 0 bridgehead atoms. The normalized spacial score (nSPS) is 23.5. The van der Waals surface area contributed by atoms with E-state index in [1.165, 1.54) is 4.31 Å². The van der Waals surface area contributed by atoms with Gasteiger partial charge >= 0.3 is 0 Å². The molecule has 0 amide bonds. The number of sulfonamides is 1. The average molecular weight is 281 g/mol. The fraction of sp³-hybridized carbons (Fsp3) is 0.556. The molecule has 1 unspecified atom stereocenters. The number of hydrogen-bond acceptors (Lipinski definition) is 4. The van der Waals surface area contributed by atoms with E-state index in [2.05, 4.69) is 5.32 Å². The predicted molar refractivity (Wildman–Crippen MR) is 65.6 cm³/mol. The summed E-state index contributed by atoms with van der Waals surface area (Å²) in [5, 5.41) is 3.21. The Morgan fingerprint density at radius 3 is 2.88 bits per heavy atom. The van der Waals surface area contributed by atoms with E-state index in [4.69, 9.17) is 11.6 Å². The Morgan fingerprint density at radius 2 is 2.31 bits per heavy atom. The second-order valence-corrected chi connectivity index (χ2v) is 7.66. The Hall–Kier alpha value is -0.140. The third-order valence-electron chi connectivity index (χ3n) is 2.47. The molecule has 1 fully saturated rings. The van der Waals surface area contributed by atoms with E-state index in [1.807, 2.05) is 6.92 Å². The zero-order valence-electron chi connectivity index (χ0n) is 8.81. The van der Waals surface area contributed by atoms with Crippen molar-refractivity contribution in [3.63, 3.8) is 0 Å². The van der Waals surface area contributed by atoms with Crippen LogP contribution in [-0.4, -0.2) is 38.4 Å². The Labute approximate surface area is 104 Å². The number of nitrogens with one attached hydrogen (secondary N) is 1. The predicted octanol–water partition coefficient (Wildman–Crippen LogP) is 1.38. The molecule has 2 rings (SSSR count). The van der Waals surface area contributed by atoms with Crippen LogP contribution < -0.4 is 5.32 Å². The maximum atomic E-state index is 12.2. The minimum absolute atomic E-state index is 0.193. The first-order valence-electron chi connectivity index (χ1n) is 4.99. The van der Waals surface area contributed by atoms with Gasteiger partial charge in [0.05, 0.1) is 4.34 Å². The van der Waals surface area contributed by atoms with Crippen LogP contribution in [0.2, 0.25) is 4.34 Å². The maximum absolute atomic E-state index is 12.2. The van der Waals surface area contributed by atoms with Gasteiger partial charge in [0.2, 0.25) is 0 Å². The smallest absolute Gasteiger partial charge is 0.252 e. The number of hydrogen-bond donors (Lipinski definition) is 1.